The predicted octanol–water partition coefficient (Wildman–Crippen LogP) is 4.55. The van der Waals surface area contributed by atoms with E-state index in [9.17, 15) is 27.1 Å². The molecule has 0 spiro atoms. The molecule has 3 aliphatic rings. The Hall–Kier alpha value is -2.16. The van der Waals surface area contributed by atoms with Gasteiger partial charge in [0.1, 0.15) is 0 Å². The summed E-state index contributed by atoms with van der Waals surface area (Å²) in [6, 6.07) is 4.35. The highest BCUT2D eigenvalue weighted by molar-refractivity contribution is 8.26. The highest BCUT2D eigenvalue weighted by Gasteiger charge is 2.70. The Morgan fingerprint density at radius 3 is 2.62 bits per heavy atom. The molecule has 2 bridgehead atoms. The molecule has 4 N–H and O–H groups in total. The van der Waals surface area contributed by atoms with E-state index in [0.717, 1.165) is 18.6 Å². The van der Waals surface area contributed by atoms with Crippen LogP contribution in [0.1, 0.15) is 44.7 Å². The topological polar surface area (TPSA) is 109 Å². The molecule has 2 aliphatic carbocycles. The summed E-state index contributed by atoms with van der Waals surface area (Å²) < 4.78 is 63.4. The second kappa shape index (κ2) is 7.43. The number of carbonyl (C=O) groups excluding carboxylic acids is 1. The van der Waals surface area contributed by atoms with Gasteiger partial charge in [0.05, 0.1) is 27.6 Å². The van der Waals surface area contributed by atoms with Crippen molar-refractivity contribution in [2.24, 2.45) is 17.8 Å². The minimum Gasteiger partial charge on any atom is -0.336 e. The third kappa shape index (κ3) is 3.31. The summed E-state index contributed by atoms with van der Waals surface area (Å²) >= 11 is 0. The second-order valence-electron chi connectivity index (χ2n) is 9.42. The Balaban J connectivity index is 1.63. The molecule has 1 aliphatic heterocycles. The lowest BCUT2D eigenvalue weighted by Crippen LogP contribution is -2.52. The van der Waals surface area contributed by atoms with Crippen LogP contribution in [0.4, 0.5) is 23.7 Å². The largest absolute Gasteiger partial charge is 0.417 e. The van der Waals surface area contributed by atoms with Crippen LogP contribution in [-0.4, -0.2) is 38.5 Å². The number of benzene rings is 1. The number of urea groups is 1. The lowest BCUT2D eigenvalue weighted by Gasteiger charge is -2.52. The van der Waals surface area contributed by atoms with E-state index < -0.39 is 32.8 Å². The standard InChI is InChI=1S/C21H27F3N4O3S/c1-11(2)26-19(29)27-18-7-13-6-15(18)17-10-28(32(30,31)20(13,17)3)14-5-4-12(9-25)16(8-14)21(22,23)24/h4-5,8,11,13,15,17-18,30-31H,6-7,10H2,1-3H3,(H2,26,27,29)/t13-,15-,17-,18+,20+/m0/s1. The minimum absolute atomic E-state index is 0.000412. The second-order valence-corrected chi connectivity index (χ2v) is 11.8. The zero-order valence-electron chi connectivity index (χ0n) is 18.0. The number of amides is 2. The molecule has 11 heteroatoms. The van der Waals surface area contributed by atoms with Gasteiger partial charge < -0.3 is 10.6 Å². The SMILES string of the molecule is CC(C)NC(=O)N[C@@H]1C[C@@H]2C[C@H]1[C@@H]1CN(c3ccc(C#N)c(C(F)(F)F)c3)S(O)(O)[C@]21C. The number of alkyl halides is 3. The Kier molecular flexibility index (Phi) is 5.35. The van der Waals surface area contributed by atoms with Gasteiger partial charge in [0.15, 0.2) is 0 Å². The van der Waals surface area contributed by atoms with Crippen molar-refractivity contribution in [2.45, 2.75) is 56.6 Å². The quantitative estimate of drug-likeness (QED) is 0.516. The van der Waals surface area contributed by atoms with Crippen LogP contribution in [0.2, 0.25) is 0 Å². The molecule has 32 heavy (non-hydrogen) atoms. The zero-order chi connectivity index (χ0) is 23.6. The first kappa shape index (κ1) is 23.0. The molecule has 1 aromatic rings. The molecule has 3 fully saturated rings. The van der Waals surface area contributed by atoms with Crippen LogP contribution in [-0.2, 0) is 6.18 Å². The van der Waals surface area contributed by atoms with E-state index in [2.05, 4.69) is 10.6 Å². The lowest BCUT2D eigenvalue weighted by molar-refractivity contribution is -0.137. The average molecular weight is 473 g/mol. The molecule has 7 nitrogen and oxygen atoms in total. The number of nitrogens with one attached hydrogen (secondary N) is 2. The van der Waals surface area contributed by atoms with Gasteiger partial charge in [0, 0.05) is 24.5 Å². The smallest absolute Gasteiger partial charge is 0.336 e. The van der Waals surface area contributed by atoms with Crippen LogP contribution < -0.4 is 14.9 Å². The predicted molar refractivity (Wildman–Crippen MR) is 115 cm³/mol. The van der Waals surface area contributed by atoms with Crippen molar-refractivity contribution in [3.63, 3.8) is 0 Å². The van der Waals surface area contributed by atoms with Gasteiger partial charge >= 0.3 is 12.2 Å². The van der Waals surface area contributed by atoms with E-state index >= 15 is 0 Å². The summed E-state index contributed by atoms with van der Waals surface area (Å²) in [5, 5.41) is 14.8. The van der Waals surface area contributed by atoms with Crippen LogP contribution in [0, 0.1) is 29.1 Å². The van der Waals surface area contributed by atoms with Crippen molar-refractivity contribution < 1.29 is 27.1 Å². The van der Waals surface area contributed by atoms with E-state index in [4.69, 9.17) is 5.26 Å². The number of rotatable bonds is 3. The van der Waals surface area contributed by atoms with E-state index in [0.29, 0.717) is 6.42 Å². The molecule has 4 rings (SSSR count). The molecule has 176 valence electrons. The maximum Gasteiger partial charge on any atom is 0.417 e. The number of carbonyl (C=O) groups is 1. The third-order valence-corrected chi connectivity index (χ3v) is 10.2. The van der Waals surface area contributed by atoms with Crippen LogP contribution in [0.3, 0.4) is 0 Å². The Labute approximate surface area is 186 Å². The van der Waals surface area contributed by atoms with Crippen LogP contribution in [0.15, 0.2) is 18.2 Å². The molecule has 1 saturated heterocycles. The zero-order valence-corrected chi connectivity index (χ0v) is 18.8. The Morgan fingerprint density at radius 2 is 2.03 bits per heavy atom. The molecule has 0 aromatic heterocycles. The normalized spacial score (nSPS) is 33.7. The Bertz CT molecular complexity index is 980. The molecule has 2 amide bonds. The van der Waals surface area contributed by atoms with Crippen molar-refractivity contribution in [3.05, 3.63) is 29.3 Å². The summed E-state index contributed by atoms with van der Waals surface area (Å²) in [5.41, 5.74) is -1.57. The fourth-order valence-electron chi connectivity index (χ4n) is 5.88. The van der Waals surface area contributed by atoms with Gasteiger partial charge in [-0.15, -0.1) is 10.8 Å². The highest BCUT2D eigenvalue weighted by Crippen LogP contribution is 2.76. The monoisotopic (exact) mass is 472 g/mol. The van der Waals surface area contributed by atoms with Gasteiger partial charge in [0.2, 0.25) is 0 Å². The van der Waals surface area contributed by atoms with E-state index in [1.165, 1.54) is 10.4 Å². The van der Waals surface area contributed by atoms with Gasteiger partial charge in [-0.05, 0) is 63.6 Å². The van der Waals surface area contributed by atoms with E-state index in [-0.39, 0.29) is 48.1 Å². The van der Waals surface area contributed by atoms with Crippen LogP contribution >= 0.6 is 10.8 Å². The Morgan fingerprint density at radius 1 is 1.34 bits per heavy atom. The molecule has 0 unspecified atom stereocenters. The number of hydrogen-bond donors (Lipinski definition) is 4. The fourth-order valence-corrected chi connectivity index (χ4v) is 8.43. The van der Waals surface area contributed by atoms with Crippen molar-refractivity contribution in [1.82, 2.24) is 10.6 Å². The number of nitrogens with zero attached hydrogens (tertiary/aromatic N) is 2. The molecule has 0 radical (unpaired) electrons. The molecule has 5 atom stereocenters. The van der Waals surface area contributed by atoms with Gasteiger partial charge in [-0.2, -0.15) is 18.4 Å². The van der Waals surface area contributed by atoms with Crippen molar-refractivity contribution in [1.29, 1.82) is 5.26 Å². The van der Waals surface area contributed by atoms with Crippen LogP contribution in [0.5, 0.6) is 0 Å². The summed E-state index contributed by atoms with van der Waals surface area (Å²) in [4.78, 5) is 12.2. The van der Waals surface area contributed by atoms with E-state index in [1.54, 1.807) is 13.0 Å². The summed E-state index contributed by atoms with van der Waals surface area (Å²) in [6.07, 6.45) is -3.41. The van der Waals surface area contributed by atoms with Crippen LogP contribution in [0.25, 0.3) is 0 Å². The maximum atomic E-state index is 13.5. The first-order chi connectivity index (χ1) is 14.8. The molecule has 2 saturated carbocycles. The molecule has 1 aromatic carbocycles. The van der Waals surface area contributed by atoms with Gasteiger partial charge in [-0.1, -0.05) is 0 Å². The number of anilines is 1. The first-order valence-corrected chi connectivity index (χ1v) is 12.0. The molecule has 1 heterocycles. The highest BCUT2D eigenvalue weighted by atomic mass is 32.3. The maximum absolute atomic E-state index is 13.5. The summed E-state index contributed by atoms with van der Waals surface area (Å²) in [7, 11) is -3.45. The summed E-state index contributed by atoms with van der Waals surface area (Å²) in [5.74, 6) is -0.266. The van der Waals surface area contributed by atoms with Crippen molar-refractivity contribution in [3.8, 4) is 6.07 Å². The first-order valence-electron chi connectivity index (χ1n) is 10.5. The average Bonchev–Trinajstić information content (AvgIpc) is 3.27. The van der Waals surface area contributed by atoms with Crippen molar-refractivity contribution >= 4 is 22.5 Å². The third-order valence-electron chi connectivity index (χ3n) is 7.39. The fraction of sp³-hybridized carbons (Fsp3) is 0.619. The minimum atomic E-state index is -4.73. The molecular formula is C21H27F3N4O3S. The van der Waals surface area contributed by atoms with Gasteiger partial charge in [-0.25, -0.2) is 4.79 Å². The number of halogens is 3. The summed E-state index contributed by atoms with van der Waals surface area (Å²) in [6.45, 7) is 5.69. The number of nitriles is 1. The van der Waals surface area contributed by atoms with Gasteiger partial charge in [0.25, 0.3) is 0 Å². The van der Waals surface area contributed by atoms with Gasteiger partial charge in [-0.3, -0.25) is 13.4 Å². The number of fused-ring (bicyclic) bond motifs is 5. The number of hydrogen-bond acceptors (Lipinski definition) is 5. The molecular weight excluding hydrogens is 445 g/mol. The lowest BCUT2D eigenvalue weighted by atomic mass is 9.77. The van der Waals surface area contributed by atoms with E-state index in [1.807, 2.05) is 13.8 Å². The van der Waals surface area contributed by atoms with Crippen molar-refractivity contribution in [2.75, 3.05) is 10.8 Å².